The van der Waals surface area contributed by atoms with Crippen molar-refractivity contribution in [2.45, 2.75) is 13.8 Å². The Morgan fingerprint density at radius 2 is 1.83 bits per heavy atom. The first kappa shape index (κ1) is 12.9. The number of hydrogen-bond donors (Lipinski definition) is 1. The maximum absolute atomic E-state index is 12.1. The van der Waals surface area contributed by atoms with Crippen molar-refractivity contribution in [1.82, 2.24) is 9.55 Å². The molecule has 0 saturated carbocycles. The standard InChI is InChI=1S/C12H10Cl2N2O2/c1-6-4-3-5-8(13)9(6)16-11(17)7(2)10(14)15-12(16)18/h3-5H,1-2H3,(H,15,18). The Bertz CT molecular complexity index is 712. The van der Waals surface area contributed by atoms with Gasteiger partial charge in [-0.15, -0.1) is 0 Å². The first-order valence-electron chi connectivity index (χ1n) is 5.20. The van der Waals surface area contributed by atoms with Gasteiger partial charge in [0.05, 0.1) is 16.3 Å². The van der Waals surface area contributed by atoms with E-state index in [1.807, 2.05) is 0 Å². The second kappa shape index (κ2) is 4.63. The molecule has 2 rings (SSSR count). The minimum Gasteiger partial charge on any atom is -0.297 e. The van der Waals surface area contributed by atoms with Gasteiger partial charge in [0.2, 0.25) is 0 Å². The second-order valence-electron chi connectivity index (χ2n) is 3.92. The van der Waals surface area contributed by atoms with Crippen molar-refractivity contribution in [3.05, 3.63) is 60.3 Å². The molecule has 94 valence electrons. The Morgan fingerprint density at radius 3 is 2.44 bits per heavy atom. The van der Waals surface area contributed by atoms with Gasteiger partial charge in [-0.2, -0.15) is 0 Å². The molecule has 0 bridgehead atoms. The number of halogens is 2. The summed E-state index contributed by atoms with van der Waals surface area (Å²) in [5.41, 5.74) is 0.310. The molecule has 1 N–H and O–H groups in total. The first-order valence-corrected chi connectivity index (χ1v) is 5.96. The highest BCUT2D eigenvalue weighted by molar-refractivity contribution is 6.32. The van der Waals surface area contributed by atoms with Crippen LogP contribution in [0.2, 0.25) is 10.2 Å². The summed E-state index contributed by atoms with van der Waals surface area (Å²) in [6.45, 7) is 3.32. The number of aromatic nitrogens is 2. The van der Waals surface area contributed by atoms with Gasteiger partial charge in [0.1, 0.15) is 5.15 Å². The molecule has 0 radical (unpaired) electrons. The number of para-hydroxylation sites is 1. The van der Waals surface area contributed by atoms with Crippen LogP contribution in [0.5, 0.6) is 0 Å². The fourth-order valence-electron chi connectivity index (χ4n) is 1.71. The SMILES string of the molecule is Cc1cccc(Cl)c1-n1c(=O)[nH]c(Cl)c(C)c1=O. The van der Waals surface area contributed by atoms with Crippen molar-refractivity contribution in [1.29, 1.82) is 0 Å². The van der Waals surface area contributed by atoms with Crippen molar-refractivity contribution >= 4 is 23.2 Å². The molecule has 0 atom stereocenters. The molecule has 4 nitrogen and oxygen atoms in total. The number of aryl methyl sites for hydroxylation is 1. The van der Waals surface area contributed by atoms with Crippen LogP contribution in [0.4, 0.5) is 0 Å². The highest BCUT2D eigenvalue weighted by atomic mass is 35.5. The predicted molar refractivity (Wildman–Crippen MR) is 72.2 cm³/mol. The number of nitrogens with zero attached hydrogens (tertiary/aromatic N) is 1. The van der Waals surface area contributed by atoms with Gasteiger partial charge in [-0.25, -0.2) is 9.36 Å². The predicted octanol–water partition coefficient (Wildman–Crippen LogP) is 2.45. The largest absolute Gasteiger partial charge is 0.334 e. The summed E-state index contributed by atoms with van der Waals surface area (Å²) in [5, 5.41) is 0.385. The highest BCUT2D eigenvalue weighted by Crippen LogP contribution is 2.21. The number of aromatic amines is 1. The molecule has 18 heavy (non-hydrogen) atoms. The van der Waals surface area contributed by atoms with E-state index in [2.05, 4.69) is 4.98 Å². The molecule has 1 aromatic carbocycles. The van der Waals surface area contributed by atoms with Gasteiger partial charge in [0, 0.05) is 0 Å². The zero-order valence-corrected chi connectivity index (χ0v) is 11.3. The summed E-state index contributed by atoms with van der Waals surface area (Å²) in [6.07, 6.45) is 0. The lowest BCUT2D eigenvalue weighted by Gasteiger charge is -2.11. The summed E-state index contributed by atoms with van der Waals surface area (Å²) < 4.78 is 0.999. The summed E-state index contributed by atoms with van der Waals surface area (Å²) in [4.78, 5) is 26.4. The van der Waals surface area contributed by atoms with Crippen LogP contribution in [-0.4, -0.2) is 9.55 Å². The smallest absolute Gasteiger partial charge is 0.297 e. The Kier molecular flexibility index (Phi) is 3.32. The monoisotopic (exact) mass is 284 g/mol. The fourth-order valence-corrected chi connectivity index (χ4v) is 2.17. The molecule has 6 heteroatoms. The van der Waals surface area contributed by atoms with E-state index in [0.29, 0.717) is 10.7 Å². The van der Waals surface area contributed by atoms with Crippen LogP contribution in [0.25, 0.3) is 5.69 Å². The Hall–Kier alpha value is -1.52. The molecule has 0 spiro atoms. The lowest BCUT2D eigenvalue weighted by molar-refractivity contribution is 0.854. The van der Waals surface area contributed by atoms with E-state index in [9.17, 15) is 9.59 Å². The second-order valence-corrected chi connectivity index (χ2v) is 4.70. The Labute approximate surface area is 113 Å². The number of nitrogens with one attached hydrogen (secondary N) is 1. The Morgan fingerprint density at radius 1 is 1.17 bits per heavy atom. The van der Waals surface area contributed by atoms with E-state index in [1.54, 1.807) is 32.0 Å². The molecular weight excluding hydrogens is 275 g/mol. The molecule has 0 unspecified atom stereocenters. The van der Waals surface area contributed by atoms with Crippen molar-refractivity contribution in [3.8, 4) is 5.69 Å². The average molecular weight is 285 g/mol. The zero-order chi connectivity index (χ0) is 13.4. The summed E-state index contributed by atoms with van der Waals surface area (Å²) in [7, 11) is 0. The summed E-state index contributed by atoms with van der Waals surface area (Å²) in [5.74, 6) is 0. The van der Waals surface area contributed by atoms with Crippen LogP contribution < -0.4 is 11.2 Å². The van der Waals surface area contributed by atoms with Crippen LogP contribution in [0.1, 0.15) is 11.1 Å². The topological polar surface area (TPSA) is 54.9 Å². The average Bonchev–Trinajstić information content (AvgIpc) is 2.30. The molecule has 0 aliphatic carbocycles. The lowest BCUT2D eigenvalue weighted by atomic mass is 10.2. The maximum Gasteiger partial charge on any atom is 0.334 e. The van der Waals surface area contributed by atoms with Gasteiger partial charge in [0.15, 0.2) is 0 Å². The van der Waals surface area contributed by atoms with E-state index >= 15 is 0 Å². The molecule has 2 aromatic rings. The van der Waals surface area contributed by atoms with Crippen LogP contribution in [0.3, 0.4) is 0 Å². The number of hydrogen-bond acceptors (Lipinski definition) is 2. The molecule has 0 aliphatic heterocycles. The van der Waals surface area contributed by atoms with E-state index in [-0.39, 0.29) is 10.7 Å². The number of benzene rings is 1. The van der Waals surface area contributed by atoms with Gasteiger partial charge in [-0.05, 0) is 25.5 Å². The third-order valence-corrected chi connectivity index (χ3v) is 3.37. The summed E-state index contributed by atoms with van der Waals surface area (Å²) >= 11 is 11.8. The van der Waals surface area contributed by atoms with Crippen molar-refractivity contribution in [3.63, 3.8) is 0 Å². The third-order valence-electron chi connectivity index (χ3n) is 2.69. The molecule has 0 aliphatic rings. The van der Waals surface area contributed by atoms with Gasteiger partial charge in [-0.1, -0.05) is 35.3 Å². The maximum atomic E-state index is 12.1. The van der Waals surface area contributed by atoms with Crippen LogP contribution >= 0.6 is 23.2 Å². The van der Waals surface area contributed by atoms with E-state index in [4.69, 9.17) is 23.2 Å². The van der Waals surface area contributed by atoms with Gasteiger partial charge < -0.3 is 0 Å². The van der Waals surface area contributed by atoms with Crippen LogP contribution in [-0.2, 0) is 0 Å². The number of H-pyrrole nitrogens is 1. The van der Waals surface area contributed by atoms with Gasteiger partial charge in [-0.3, -0.25) is 9.78 Å². The van der Waals surface area contributed by atoms with E-state index in [1.165, 1.54) is 0 Å². The fraction of sp³-hybridized carbons (Fsp3) is 0.167. The van der Waals surface area contributed by atoms with Crippen molar-refractivity contribution in [2.75, 3.05) is 0 Å². The molecule has 0 saturated heterocycles. The third kappa shape index (κ3) is 1.98. The van der Waals surface area contributed by atoms with Crippen LogP contribution in [0, 0.1) is 13.8 Å². The molecule has 1 aromatic heterocycles. The normalized spacial score (nSPS) is 10.7. The van der Waals surface area contributed by atoms with Gasteiger partial charge >= 0.3 is 5.69 Å². The minimum atomic E-state index is -0.605. The van der Waals surface area contributed by atoms with Crippen molar-refractivity contribution in [2.24, 2.45) is 0 Å². The molecule has 1 heterocycles. The molecular formula is C12H10Cl2N2O2. The van der Waals surface area contributed by atoms with E-state index in [0.717, 1.165) is 10.1 Å². The van der Waals surface area contributed by atoms with Gasteiger partial charge in [0.25, 0.3) is 5.56 Å². The van der Waals surface area contributed by atoms with Crippen LogP contribution in [0.15, 0.2) is 27.8 Å². The Balaban J connectivity index is 2.94. The molecule has 0 amide bonds. The quantitative estimate of drug-likeness (QED) is 0.818. The zero-order valence-electron chi connectivity index (χ0n) is 9.75. The summed E-state index contributed by atoms with van der Waals surface area (Å²) in [6, 6.07) is 5.15. The minimum absolute atomic E-state index is 0.0472. The number of rotatable bonds is 1. The highest BCUT2D eigenvalue weighted by Gasteiger charge is 2.14. The molecule has 0 fully saturated rings. The first-order chi connectivity index (χ1) is 8.43. The van der Waals surface area contributed by atoms with Crippen molar-refractivity contribution < 1.29 is 0 Å². The van der Waals surface area contributed by atoms with E-state index < -0.39 is 11.2 Å². The lowest BCUT2D eigenvalue weighted by Crippen LogP contribution is -2.35.